The van der Waals surface area contributed by atoms with Crippen molar-refractivity contribution in [3.8, 4) is 0 Å². The Balaban J connectivity index is 1.30. The topological polar surface area (TPSA) is 87.5 Å². The number of benzene rings is 4. The van der Waals surface area contributed by atoms with E-state index < -0.39 is 0 Å². The number of rotatable bonds is 11. The molecule has 4 N–H and O–H groups in total. The molecule has 1 aliphatic heterocycles. The highest BCUT2D eigenvalue weighted by atomic mass is 16.2. The van der Waals surface area contributed by atoms with E-state index in [1.54, 1.807) is 0 Å². The van der Waals surface area contributed by atoms with E-state index in [1.165, 1.54) is 5.39 Å². The summed E-state index contributed by atoms with van der Waals surface area (Å²) >= 11 is 0. The summed E-state index contributed by atoms with van der Waals surface area (Å²) in [5, 5.41) is 9.04. The molecule has 4 aromatic carbocycles. The molecule has 0 aromatic heterocycles. The fourth-order valence-corrected chi connectivity index (χ4v) is 5.82. The Labute approximate surface area is 242 Å². The fraction of sp³-hybridized carbons (Fsp3) is 0.314. The van der Waals surface area contributed by atoms with Crippen LogP contribution in [0.15, 0.2) is 103 Å². The first kappa shape index (κ1) is 28.5. The van der Waals surface area contributed by atoms with E-state index in [4.69, 9.17) is 5.73 Å². The van der Waals surface area contributed by atoms with Gasteiger partial charge in [-0.1, -0.05) is 110 Å². The van der Waals surface area contributed by atoms with Crippen LogP contribution in [0, 0.1) is 0 Å². The molecule has 2 atom stereocenters. The lowest BCUT2D eigenvalue weighted by atomic mass is 9.96. The van der Waals surface area contributed by atoms with Gasteiger partial charge < -0.3 is 21.3 Å². The van der Waals surface area contributed by atoms with Crippen molar-refractivity contribution in [1.82, 2.24) is 15.5 Å². The van der Waals surface area contributed by atoms with Crippen molar-refractivity contribution in [2.24, 2.45) is 5.73 Å². The van der Waals surface area contributed by atoms with Crippen molar-refractivity contribution < 1.29 is 9.59 Å². The molecule has 6 heteroatoms. The summed E-state index contributed by atoms with van der Waals surface area (Å²) in [4.78, 5) is 29.1. The number of unbranched alkanes of at least 4 members (excludes halogenated alkanes) is 1. The summed E-state index contributed by atoms with van der Waals surface area (Å²) < 4.78 is 0. The Morgan fingerprint density at radius 1 is 0.878 bits per heavy atom. The Morgan fingerprint density at radius 3 is 2.22 bits per heavy atom. The molecule has 41 heavy (non-hydrogen) atoms. The Kier molecular flexibility index (Phi) is 9.78. The standard InChI is InChI=1S/C35H40N4O2/c36-21-10-9-17-32-35(41)39(34(28-12-3-1-4-13-28)29-14-5-2-6-15-29)22-20-31(38-32)25-37-33(40)24-26-18-19-27-11-7-8-16-30(27)23-26/h1-8,11-16,18-19,23,31-32,34,38H,9-10,17,20-22,24-25,36H2,(H,37,40). The molecular weight excluding hydrogens is 508 g/mol. The van der Waals surface area contributed by atoms with Gasteiger partial charge in [-0.2, -0.15) is 0 Å². The molecule has 1 saturated heterocycles. The summed E-state index contributed by atoms with van der Waals surface area (Å²) in [6.07, 6.45) is 3.53. The number of fused-ring (bicyclic) bond motifs is 1. The van der Waals surface area contributed by atoms with Gasteiger partial charge in [-0.15, -0.1) is 0 Å². The second-order valence-corrected chi connectivity index (χ2v) is 10.9. The summed E-state index contributed by atoms with van der Waals surface area (Å²) in [6.45, 7) is 1.68. The molecule has 1 fully saturated rings. The molecule has 1 aliphatic rings. The second-order valence-electron chi connectivity index (χ2n) is 10.9. The van der Waals surface area contributed by atoms with Crippen LogP contribution in [0.1, 0.15) is 48.4 Å². The fourth-order valence-electron chi connectivity index (χ4n) is 5.82. The van der Waals surface area contributed by atoms with Crippen molar-refractivity contribution in [3.05, 3.63) is 120 Å². The van der Waals surface area contributed by atoms with Crippen LogP contribution in [0.25, 0.3) is 10.8 Å². The minimum atomic E-state index is -0.332. The number of carbonyl (C=O) groups is 2. The first-order chi connectivity index (χ1) is 20.1. The predicted molar refractivity (Wildman–Crippen MR) is 165 cm³/mol. The molecule has 0 spiro atoms. The lowest BCUT2D eigenvalue weighted by molar-refractivity contribution is -0.134. The van der Waals surface area contributed by atoms with Crippen molar-refractivity contribution >= 4 is 22.6 Å². The monoisotopic (exact) mass is 548 g/mol. The zero-order valence-electron chi connectivity index (χ0n) is 23.5. The molecule has 0 radical (unpaired) electrons. The van der Waals surface area contributed by atoms with E-state index >= 15 is 0 Å². The maximum Gasteiger partial charge on any atom is 0.240 e. The van der Waals surface area contributed by atoms with E-state index in [9.17, 15) is 9.59 Å². The predicted octanol–water partition coefficient (Wildman–Crippen LogP) is 4.98. The Morgan fingerprint density at radius 2 is 1.54 bits per heavy atom. The highest BCUT2D eigenvalue weighted by Crippen LogP contribution is 2.31. The van der Waals surface area contributed by atoms with Gasteiger partial charge >= 0.3 is 0 Å². The number of hydrogen-bond acceptors (Lipinski definition) is 4. The average molecular weight is 549 g/mol. The lowest BCUT2D eigenvalue weighted by Crippen LogP contribution is -2.49. The van der Waals surface area contributed by atoms with Crippen LogP contribution in [0.2, 0.25) is 0 Å². The van der Waals surface area contributed by atoms with Crippen LogP contribution in [0.5, 0.6) is 0 Å². The number of nitrogens with one attached hydrogen (secondary N) is 2. The molecule has 2 unspecified atom stereocenters. The molecule has 5 rings (SSSR count). The highest BCUT2D eigenvalue weighted by Gasteiger charge is 2.35. The number of carbonyl (C=O) groups excluding carboxylic acids is 2. The number of amides is 2. The third-order valence-corrected chi connectivity index (χ3v) is 7.95. The van der Waals surface area contributed by atoms with Gasteiger partial charge in [0.2, 0.25) is 11.8 Å². The van der Waals surface area contributed by atoms with Crippen LogP contribution in [-0.2, 0) is 16.0 Å². The van der Waals surface area contributed by atoms with Crippen LogP contribution in [0.4, 0.5) is 0 Å². The SMILES string of the molecule is NCCCCC1NC(CNC(=O)Cc2ccc3ccccc3c2)CCN(C(c2ccccc2)c2ccccc2)C1=O. The second kappa shape index (κ2) is 14.1. The van der Waals surface area contributed by atoms with Crippen molar-refractivity contribution in [3.63, 3.8) is 0 Å². The minimum Gasteiger partial charge on any atom is -0.354 e. The molecule has 0 aliphatic carbocycles. The zero-order valence-corrected chi connectivity index (χ0v) is 23.5. The maximum atomic E-state index is 14.1. The third kappa shape index (κ3) is 7.40. The van der Waals surface area contributed by atoms with Gasteiger partial charge in [0.1, 0.15) is 0 Å². The van der Waals surface area contributed by atoms with Gasteiger partial charge in [0.25, 0.3) is 0 Å². The number of hydrogen-bond donors (Lipinski definition) is 3. The molecule has 4 aromatic rings. The summed E-state index contributed by atoms with van der Waals surface area (Å²) in [5.41, 5.74) is 8.95. The molecule has 0 saturated carbocycles. The van der Waals surface area contributed by atoms with Crippen molar-refractivity contribution in [2.45, 2.75) is 50.2 Å². The molecule has 1 heterocycles. The van der Waals surface area contributed by atoms with Gasteiger partial charge in [0.05, 0.1) is 18.5 Å². The number of nitrogens with two attached hydrogens (primary N) is 1. The van der Waals surface area contributed by atoms with Crippen LogP contribution >= 0.6 is 0 Å². The summed E-state index contributed by atoms with van der Waals surface area (Å²) in [5.74, 6) is 0.0883. The summed E-state index contributed by atoms with van der Waals surface area (Å²) in [7, 11) is 0. The normalized spacial score (nSPS) is 17.5. The molecular formula is C35H40N4O2. The molecule has 0 bridgehead atoms. The van der Waals surface area contributed by atoms with Gasteiger partial charge in [0, 0.05) is 19.1 Å². The van der Waals surface area contributed by atoms with E-state index in [1.807, 2.05) is 59.5 Å². The van der Waals surface area contributed by atoms with Crippen LogP contribution in [-0.4, -0.2) is 48.4 Å². The van der Waals surface area contributed by atoms with Crippen molar-refractivity contribution in [1.29, 1.82) is 0 Å². The Bertz CT molecular complexity index is 1390. The maximum absolute atomic E-state index is 14.1. The molecule has 2 amide bonds. The first-order valence-electron chi connectivity index (χ1n) is 14.7. The summed E-state index contributed by atoms with van der Waals surface area (Å²) in [6, 6.07) is 34.3. The quantitative estimate of drug-likeness (QED) is 0.231. The van der Waals surface area contributed by atoms with Crippen LogP contribution < -0.4 is 16.4 Å². The van der Waals surface area contributed by atoms with Crippen LogP contribution in [0.3, 0.4) is 0 Å². The van der Waals surface area contributed by atoms with Crippen molar-refractivity contribution in [2.75, 3.05) is 19.6 Å². The lowest BCUT2D eigenvalue weighted by Gasteiger charge is -2.33. The number of nitrogens with zero attached hydrogens (tertiary/aromatic N) is 1. The zero-order chi connectivity index (χ0) is 28.4. The van der Waals surface area contributed by atoms with Gasteiger partial charge in [-0.3, -0.25) is 9.59 Å². The minimum absolute atomic E-state index is 0.0133. The smallest absolute Gasteiger partial charge is 0.240 e. The van der Waals surface area contributed by atoms with E-state index in [-0.39, 0.29) is 29.9 Å². The molecule has 212 valence electrons. The highest BCUT2D eigenvalue weighted by molar-refractivity contribution is 5.85. The van der Waals surface area contributed by atoms with E-state index in [2.05, 4.69) is 59.2 Å². The van der Waals surface area contributed by atoms with E-state index in [0.29, 0.717) is 32.5 Å². The first-order valence-corrected chi connectivity index (χ1v) is 14.7. The van der Waals surface area contributed by atoms with Gasteiger partial charge in [-0.05, 0) is 53.3 Å². The van der Waals surface area contributed by atoms with Gasteiger partial charge in [0.15, 0.2) is 0 Å². The Hall–Kier alpha value is -4.00. The average Bonchev–Trinajstić information content (AvgIpc) is 3.16. The largest absolute Gasteiger partial charge is 0.354 e. The third-order valence-electron chi connectivity index (χ3n) is 7.95. The molecule has 6 nitrogen and oxygen atoms in total. The van der Waals surface area contributed by atoms with Gasteiger partial charge in [-0.25, -0.2) is 0 Å². The van der Waals surface area contributed by atoms with E-state index in [0.717, 1.165) is 41.3 Å².